The molecule has 0 saturated carbocycles. The molecule has 0 saturated heterocycles. The molecule has 0 aromatic carbocycles. The third kappa shape index (κ3) is 1.78. The number of H-pyrrole nitrogens is 1. The van der Waals surface area contributed by atoms with Crippen LogP contribution >= 0.6 is 0 Å². The first-order chi connectivity index (χ1) is 8.79. The summed E-state index contributed by atoms with van der Waals surface area (Å²) in [4.78, 5) is 12.4. The van der Waals surface area contributed by atoms with Crippen LogP contribution in [0.15, 0.2) is 24.5 Å². The van der Waals surface area contributed by atoms with Crippen molar-refractivity contribution in [3.05, 3.63) is 36.1 Å². The molecule has 4 heteroatoms. The van der Waals surface area contributed by atoms with Gasteiger partial charge >= 0.3 is 0 Å². The molecule has 0 radical (unpaired) electrons. The molecule has 1 aliphatic rings. The molecule has 1 atom stereocenters. The summed E-state index contributed by atoms with van der Waals surface area (Å²) in [6.45, 7) is 4.17. The van der Waals surface area contributed by atoms with Crippen LogP contribution in [0, 0.1) is 6.92 Å². The first-order valence-corrected chi connectivity index (χ1v) is 6.55. The van der Waals surface area contributed by atoms with Crippen molar-refractivity contribution in [2.45, 2.75) is 39.2 Å². The highest BCUT2D eigenvalue weighted by Gasteiger charge is 2.19. The molecule has 0 amide bonds. The van der Waals surface area contributed by atoms with Crippen LogP contribution in [0.4, 0.5) is 0 Å². The van der Waals surface area contributed by atoms with E-state index in [1.807, 2.05) is 6.20 Å². The van der Waals surface area contributed by atoms with E-state index in [4.69, 9.17) is 0 Å². The quantitative estimate of drug-likeness (QED) is 0.841. The predicted octanol–water partition coefficient (Wildman–Crippen LogP) is 3.04. The van der Waals surface area contributed by atoms with Gasteiger partial charge in [0.2, 0.25) is 0 Å². The van der Waals surface area contributed by atoms with Gasteiger partial charge in [-0.1, -0.05) is 19.1 Å². The summed E-state index contributed by atoms with van der Waals surface area (Å²) in [6, 6.07) is 0.434. The Morgan fingerprint density at radius 2 is 2.39 bits per heavy atom. The summed E-state index contributed by atoms with van der Waals surface area (Å²) >= 11 is 0. The number of hydrogen-bond donors (Lipinski definition) is 1. The van der Waals surface area contributed by atoms with Crippen LogP contribution in [0.25, 0.3) is 11.5 Å². The Labute approximate surface area is 107 Å². The van der Waals surface area contributed by atoms with Crippen LogP contribution in [-0.2, 0) is 6.42 Å². The highest BCUT2D eigenvalue weighted by molar-refractivity contribution is 5.54. The fourth-order valence-electron chi connectivity index (χ4n) is 2.52. The molecule has 1 aliphatic carbocycles. The van der Waals surface area contributed by atoms with Crippen LogP contribution in [0.2, 0.25) is 0 Å². The number of nitrogens with one attached hydrogen (secondary N) is 1. The lowest BCUT2D eigenvalue weighted by Gasteiger charge is -2.12. The summed E-state index contributed by atoms with van der Waals surface area (Å²) in [6.07, 6.45) is 11.6. The zero-order chi connectivity index (χ0) is 12.5. The number of aryl methyl sites for hydroxylation is 2. The number of aromatic amines is 1. The molecule has 0 aliphatic heterocycles. The Morgan fingerprint density at radius 3 is 3.06 bits per heavy atom. The summed E-state index contributed by atoms with van der Waals surface area (Å²) in [7, 11) is 0. The third-order valence-corrected chi connectivity index (χ3v) is 3.49. The molecule has 3 rings (SSSR count). The van der Waals surface area contributed by atoms with E-state index in [1.165, 1.54) is 0 Å². The second-order valence-corrected chi connectivity index (χ2v) is 4.74. The van der Waals surface area contributed by atoms with Crippen molar-refractivity contribution in [3.8, 4) is 11.5 Å². The molecule has 0 spiro atoms. The van der Waals surface area contributed by atoms with Gasteiger partial charge in [-0.05, 0) is 19.8 Å². The molecule has 2 aromatic heterocycles. The minimum atomic E-state index is 0.434. The van der Waals surface area contributed by atoms with Gasteiger partial charge < -0.3 is 9.55 Å². The SMILES string of the molecule is CCc1nc(-c2nccn2C2C=CCC2)c(C)[nH]1. The summed E-state index contributed by atoms with van der Waals surface area (Å²) in [5.74, 6) is 2.00. The maximum absolute atomic E-state index is 4.64. The van der Waals surface area contributed by atoms with Gasteiger partial charge in [-0.25, -0.2) is 9.97 Å². The van der Waals surface area contributed by atoms with E-state index >= 15 is 0 Å². The maximum Gasteiger partial charge on any atom is 0.161 e. The van der Waals surface area contributed by atoms with Gasteiger partial charge in [0.15, 0.2) is 5.82 Å². The molecule has 18 heavy (non-hydrogen) atoms. The Hall–Kier alpha value is -1.84. The van der Waals surface area contributed by atoms with Crippen molar-refractivity contribution in [1.29, 1.82) is 0 Å². The molecular formula is C14H18N4. The summed E-state index contributed by atoms with van der Waals surface area (Å²) in [5.41, 5.74) is 2.08. The number of aromatic nitrogens is 4. The van der Waals surface area contributed by atoms with E-state index in [2.05, 4.69) is 51.7 Å². The van der Waals surface area contributed by atoms with Crippen LogP contribution < -0.4 is 0 Å². The van der Waals surface area contributed by atoms with E-state index in [1.54, 1.807) is 0 Å². The van der Waals surface area contributed by atoms with Gasteiger partial charge in [-0.15, -0.1) is 0 Å². The van der Waals surface area contributed by atoms with E-state index in [-0.39, 0.29) is 0 Å². The van der Waals surface area contributed by atoms with Gasteiger partial charge in [0.25, 0.3) is 0 Å². The molecular weight excluding hydrogens is 224 g/mol. The second-order valence-electron chi connectivity index (χ2n) is 4.74. The van der Waals surface area contributed by atoms with Crippen LogP contribution in [-0.4, -0.2) is 19.5 Å². The smallest absolute Gasteiger partial charge is 0.161 e. The van der Waals surface area contributed by atoms with E-state index in [9.17, 15) is 0 Å². The van der Waals surface area contributed by atoms with Crippen LogP contribution in [0.3, 0.4) is 0 Å². The molecule has 0 bridgehead atoms. The monoisotopic (exact) mass is 242 g/mol. The first kappa shape index (κ1) is 11.3. The van der Waals surface area contributed by atoms with Crippen LogP contribution in [0.5, 0.6) is 0 Å². The highest BCUT2D eigenvalue weighted by atomic mass is 15.1. The Morgan fingerprint density at radius 1 is 1.50 bits per heavy atom. The average Bonchev–Trinajstić information content (AvgIpc) is 3.07. The third-order valence-electron chi connectivity index (χ3n) is 3.49. The number of imidazole rings is 2. The Balaban J connectivity index is 2.03. The Kier molecular flexibility index (Phi) is 2.78. The molecule has 1 unspecified atom stereocenters. The normalized spacial score (nSPS) is 18.7. The molecule has 1 N–H and O–H groups in total. The minimum Gasteiger partial charge on any atom is -0.345 e. The fraction of sp³-hybridized carbons (Fsp3) is 0.429. The van der Waals surface area contributed by atoms with Crippen molar-refractivity contribution in [3.63, 3.8) is 0 Å². The maximum atomic E-state index is 4.64. The number of hydrogen-bond acceptors (Lipinski definition) is 2. The van der Waals surface area contributed by atoms with E-state index in [0.29, 0.717) is 6.04 Å². The van der Waals surface area contributed by atoms with Gasteiger partial charge in [-0.3, -0.25) is 0 Å². The van der Waals surface area contributed by atoms with Gasteiger partial charge in [0.05, 0.1) is 6.04 Å². The van der Waals surface area contributed by atoms with Gasteiger partial charge in [0, 0.05) is 24.5 Å². The second kappa shape index (κ2) is 4.44. The summed E-state index contributed by atoms with van der Waals surface area (Å²) < 4.78 is 2.23. The van der Waals surface area contributed by atoms with Crippen molar-refractivity contribution >= 4 is 0 Å². The largest absolute Gasteiger partial charge is 0.345 e. The van der Waals surface area contributed by atoms with Gasteiger partial charge in [-0.2, -0.15) is 0 Å². The van der Waals surface area contributed by atoms with Crippen LogP contribution in [0.1, 0.15) is 37.3 Å². The lowest BCUT2D eigenvalue weighted by molar-refractivity contribution is 0.595. The highest BCUT2D eigenvalue weighted by Crippen LogP contribution is 2.28. The Bertz CT molecular complexity index is 576. The summed E-state index contributed by atoms with van der Waals surface area (Å²) in [5, 5.41) is 0. The van der Waals surface area contributed by atoms with E-state index < -0.39 is 0 Å². The number of rotatable bonds is 3. The zero-order valence-corrected chi connectivity index (χ0v) is 10.8. The van der Waals surface area contributed by atoms with Crippen molar-refractivity contribution in [1.82, 2.24) is 19.5 Å². The van der Waals surface area contributed by atoms with Crippen molar-refractivity contribution in [2.75, 3.05) is 0 Å². The topological polar surface area (TPSA) is 46.5 Å². The number of nitrogens with zero attached hydrogens (tertiary/aromatic N) is 3. The molecule has 4 nitrogen and oxygen atoms in total. The average molecular weight is 242 g/mol. The van der Waals surface area contributed by atoms with E-state index in [0.717, 1.165) is 42.3 Å². The van der Waals surface area contributed by atoms with Crippen molar-refractivity contribution < 1.29 is 0 Å². The molecule has 2 heterocycles. The number of allylic oxidation sites excluding steroid dienone is 2. The predicted molar refractivity (Wildman–Crippen MR) is 71.3 cm³/mol. The standard InChI is InChI=1S/C14H18N4/c1-3-12-16-10(2)13(17-12)14-15-8-9-18(14)11-6-4-5-7-11/h4,6,8-9,11H,3,5,7H2,1-2H3,(H,16,17). The van der Waals surface area contributed by atoms with Gasteiger partial charge in [0.1, 0.15) is 11.5 Å². The lowest BCUT2D eigenvalue weighted by Crippen LogP contribution is -2.05. The minimum absolute atomic E-state index is 0.434. The fourth-order valence-corrected chi connectivity index (χ4v) is 2.52. The molecule has 0 fully saturated rings. The zero-order valence-electron chi connectivity index (χ0n) is 10.8. The lowest BCUT2D eigenvalue weighted by atomic mass is 10.2. The molecule has 94 valence electrons. The first-order valence-electron chi connectivity index (χ1n) is 6.55. The van der Waals surface area contributed by atoms with Crippen molar-refractivity contribution in [2.24, 2.45) is 0 Å². The molecule has 2 aromatic rings.